The molecule has 27 heavy (non-hydrogen) atoms. The van der Waals surface area contributed by atoms with E-state index >= 15 is 0 Å². The van der Waals surface area contributed by atoms with Crippen LogP contribution in [0.5, 0.6) is 0 Å². The number of nitrogens with one attached hydrogen (secondary N) is 2. The minimum atomic E-state index is -4.60. The molecule has 2 atom stereocenters. The number of alkyl halides is 3. The first kappa shape index (κ1) is 22.5. The summed E-state index contributed by atoms with van der Waals surface area (Å²) >= 11 is 0. The molecule has 0 aliphatic heterocycles. The second kappa shape index (κ2) is 8.92. The molecule has 3 N–H and O–H groups in total. The van der Waals surface area contributed by atoms with Gasteiger partial charge in [-0.25, -0.2) is 8.42 Å². The molecule has 0 unspecified atom stereocenters. The summed E-state index contributed by atoms with van der Waals surface area (Å²) in [7, 11) is -3.29. The number of carboxylic acid groups (broad SMARTS) is 1. The minimum Gasteiger partial charge on any atom is -0.480 e. The summed E-state index contributed by atoms with van der Waals surface area (Å²) < 4.78 is 64.0. The van der Waals surface area contributed by atoms with Crippen LogP contribution >= 0.6 is 0 Å². The van der Waals surface area contributed by atoms with Crippen molar-refractivity contribution >= 4 is 21.7 Å². The molecule has 0 aliphatic rings. The zero-order chi connectivity index (χ0) is 20.8. The summed E-state index contributed by atoms with van der Waals surface area (Å²) in [6.07, 6.45) is -3.57. The Morgan fingerprint density at radius 1 is 1.33 bits per heavy atom. The first-order valence-corrected chi connectivity index (χ1v) is 8.77. The molecule has 9 nitrogen and oxygen atoms in total. The fraction of sp³-hybridized carbons (Fsp3) is 0.357. The number of benzene rings is 1. The Morgan fingerprint density at radius 2 is 1.89 bits per heavy atom. The molecule has 1 aromatic carbocycles. The Hall–Kier alpha value is -2.51. The van der Waals surface area contributed by atoms with Crippen LogP contribution in [-0.4, -0.2) is 49.7 Å². The van der Waals surface area contributed by atoms with E-state index in [1.165, 1.54) is 0 Å². The van der Waals surface area contributed by atoms with Crippen LogP contribution in [0.1, 0.15) is 6.42 Å². The van der Waals surface area contributed by atoms with Gasteiger partial charge in [0, 0.05) is 12.1 Å². The van der Waals surface area contributed by atoms with Crippen LogP contribution in [0.25, 0.3) is 0 Å². The van der Waals surface area contributed by atoms with Gasteiger partial charge in [-0.05, 0) is 25.6 Å². The van der Waals surface area contributed by atoms with Gasteiger partial charge in [0.15, 0.2) is 0 Å². The molecule has 1 rings (SSSR count). The molecule has 0 fully saturated rings. The van der Waals surface area contributed by atoms with Crippen molar-refractivity contribution in [2.45, 2.75) is 29.6 Å². The summed E-state index contributed by atoms with van der Waals surface area (Å²) in [4.78, 5) is 20.6. The molecule has 0 aliphatic carbocycles. The molecule has 0 saturated heterocycles. The van der Waals surface area contributed by atoms with Gasteiger partial charge in [0.1, 0.15) is 12.1 Å². The van der Waals surface area contributed by atoms with Crippen LogP contribution in [0, 0.1) is 10.1 Å². The highest BCUT2D eigenvalue weighted by molar-refractivity contribution is 7.89. The smallest absolute Gasteiger partial charge is 0.407 e. The maximum Gasteiger partial charge on any atom is 0.407 e. The van der Waals surface area contributed by atoms with Crippen LogP contribution < -0.4 is 10.0 Å². The first-order chi connectivity index (χ1) is 12.4. The SMILES string of the molecule is CN[C@H](C=CC[C@H](NS(=O)(=O)c1ccc([N+](=O)[O-])cc1)C(=O)O)C(F)(F)F. The van der Waals surface area contributed by atoms with Crippen LogP contribution in [0.4, 0.5) is 18.9 Å². The third-order valence-electron chi connectivity index (χ3n) is 3.32. The number of carbonyl (C=O) groups is 1. The van der Waals surface area contributed by atoms with Gasteiger partial charge in [-0.3, -0.25) is 14.9 Å². The third kappa shape index (κ3) is 6.62. The average Bonchev–Trinajstić information content (AvgIpc) is 2.56. The molecule has 0 aromatic heterocycles. The van der Waals surface area contributed by atoms with Crippen LogP contribution in [0.2, 0.25) is 0 Å². The molecule has 0 bridgehead atoms. The highest BCUT2D eigenvalue weighted by atomic mass is 32.2. The largest absolute Gasteiger partial charge is 0.480 e. The quantitative estimate of drug-likeness (QED) is 0.317. The fourth-order valence-corrected chi connectivity index (χ4v) is 3.12. The number of sulfonamides is 1. The van der Waals surface area contributed by atoms with E-state index in [2.05, 4.69) is 0 Å². The van der Waals surface area contributed by atoms with Crippen molar-refractivity contribution in [3.05, 3.63) is 46.5 Å². The number of hydrogen-bond donors (Lipinski definition) is 3. The van der Waals surface area contributed by atoms with Crippen molar-refractivity contribution in [3.63, 3.8) is 0 Å². The van der Waals surface area contributed by atoms with E-state index < -0.39 is 50.5 Å². The van der Waals surface area contributed by atoms with E-state index in [-0.39, 0.29) is 5.69 Å². The van der Waals surface area contributed by atoms with E-state index in [0.29, 0.717) is 6.08 Å². The van der Waals surface area contributed by atoms with Gasteiger partial charge in [0.2, 0.25) is 10.0 Å². The number of rotatable bonds is 9. The van der Waals surface area contributed by atoms with Crippen molar-refractivity contribution < 1.29 is 36.4 Å². The van der Waals surface area contributed by atoms with Crippen molar-refractivity contribution in [3.8, 4) is 0 Å². The Labute approximate surface area is 152 Å². The van der Waals surface area contributed by atoms with E-state index in [1.54, 1.807) is 0 Å². The topological polar surface area (TPSA) is 139 Å². The second-order valence-electron chi connectivity index (χ2n) is 5.23. The lowest BCUT2D eigenvalue weighted by molar-refractivity contribution is -0.384. The molecule has 150 valence electrons. The second-order valence-corrected chi connectivity index (χ2v) is 6.95. The van der Waals surface area contributed by atoms with Gasteiger partial charge >= 0.3 is 12.1 Å². The molecule has 1 aromatic rings. The van der Waals surface area contributed by atoms with Gasteiger partial charge in [0.05, 0.1) is 9.82 Å². The number of halogens is 3. The van der Waals surface area contributed by atoms with Crippen LogP contribution in [0.15, 0.2) is 41.3 Å². The van der Waals surface area contributed by atoms with Gasteiger partial charge < -0.3 is 10.4 Å². The number of nitrogens with zero attached hydrogens (tertiary/aromatic N) is 1. The standard InChI is InChI=1S/C14H16F3N3O6S/c1-18-12(14(15,16)17)4-2-3-11(13(21)22)19-27(25,26)10-7-5-9(6-8-10)20(23)24/h2,4-8,11-12,18-19H,3H2,1H3,(H,21,22)/t11-,12+/m0/s1. The predicted molar refractivity (Wildman–Crippen MR) is 87.5 cm³/mol. The molecule has 0 radical (unpaired) electrons. The molecule has 13 heteroatoms. The van der Waals surface area contributed by atoms with Gasteiger partial charge in [-0.2, -0.15) is 17.9 Å². The van der Waals surface area contributed by atoms with Crippen LogP contribution in [0.3, 0.4) is 0 Å². The number of aliphatic carboxylic acids is 1. The number of nitro groups is 1. The summed E-state index contributed by atoms with van der Waals surface area (Å²) in [6.45, 7) is 0. The lowest BCUT2D eigenvalue weighted by atomic mass is 10.2. The Balaban J connectivity index is 2.92. The van der Waals surface area contributed by atoms with Gasteiger partial charge in [-0.15, -0.1) is 0 Å². The average molecular weight is 411 g/mol. The monoisotopic (exact) mass is 411 g/mol. The van der Waals surface area contributed by atoms with Gasteiger partial charge in [-0.1, -0.05) is 12.2 Å². The Kier molecular flexibility index (Phi) is 7.45. The van der Waals surface area contributed by atoms with Crippen molar-refractivity contribution in [2.75, 3.05) is 7.05 Å². The van der Waals surface area contributed by atoms with Crippen LogP contribution in [-0.2, 0) is 14.8 Å². The predicted octanol–water partition coefficient (Wildman–Crippen LogP) is 1.42. The highest BCUT2D eigenvalue weighted by Crippen LogP contribution is 2.21. The fourth-order valence-electron chi connectivity index (χ4n) is 1.92. The first-order valence-electron chi connectivity index (χ1n) is 7.28. The lowest BCUT2D eigenvalue weighted by Gasteiger charge is -2.16. The number of likely N-dealkylation sites (N-methyl/N-ethyl adjacent to an activating group) is 1. The Morgan fingerprint density at radius 3 is 2.30 bits per heavy atom. The van der Waals surface area contributed by atoms with E-state index in [4.69, 9.17) is 5.11 Å². The molecule has 0 amide bonds. The molecule has 0 spiro atoms. The summed E-state index contributed by atoms with van der Waals surface area (Å²) in [5, 5.41) is 21.6. The molecular formula is C14H16F3N3O6S. The third-order valence-corrected chi connectivity index (χ3v) is 4.80. The number of nitro benzene ring substituents is 1. The number of hydrogen-bond acceptors (Lipinski definition) is 6. The van der Waals surface area contributed by atoms with Crippen molar-refractivity contribution in [1.29, 1.82) is 0 Å². The van der Waals surface area contributed by atoms with E-state index in [9.17, 15) is 36.5 Å². The molecular weight excluding hydrogens is 395 g/mol. The molecule has 0 heterocycles. The highest BCUT2D eigenvalue weighted by Gasteiger charge is 2.36. The van der Waals surface area contributed by atoms with Gasteiger partial charge in [0.25, 0.3) is 5.69 Å². The lowest BCUT2D eigenvalue weighted by Crippen LogP contribution is -2.41. The van der Waals surface area contributed by atoms with Crippen molar-refractivity contribution in [1.82, 2.24) is 10.0 Å². The summed E-state index contributed by atoms with van der Waals surface area (Å²) in [5.74, 6) is -1.60. The summed E-state index contributed by atoms with van der Waals surface area (Å²) in [5.41, 5.74) is -0.364. The number of carboxylic acids is 1. The maximum absolute atomic E-state index is 12.6. The van der Waals surface area contributed by atoms with Crippen molar-refractivity contribution in [2.24, 2.45) is 0 Å². The zero-order valence-corrected chi connectivity index (χ0v) is 14.6. The number of non-ortho nitro benzene ring substituents is 1. The maximum atomic E-state index is 12.6. The van der Waals surface area contributed by atoms with E-state index in [0.717, 1.165) is 37.4 Å². The van der Waals surface area contributed by atoms with E-state index in [1.807, 2.05) is 10.0 Å². The normalized spacial score (nSPS) is 14.8. The molecule has 0 saturated carbocycles. The zero-order valence-electron chi connectivity index (χ0n) is 13.8. The minimum absolute atomic E-state index is 0.364. The summed E-state index contributed by atoms with van der Waals surface area (Å²) in [6, 6.07) is -0.0764. The Bertz CT molecular complexity index is 808.